The zero-order valence-corrected chi connectivity index (χ0v) is 17.8. The Morgan fingerprint density at radius 1 is 1.00 bits per heavy atom. The van der Waals surface area contributed by atoms with Gasteiger partial charge >= 0.3 is 5.97 Å². The van der Waals surface area contributed by atoms with E-state index in [1.54, 1.807) is 25.3 Å². The molecule has 0 aromatic heterocycles. The summed E-state index contributed by atoms with van der Waals surface area (Å²) >= 11 is 6.38. The largest absolute Gasteiger partial charge is 0.496 e. The highest BCUT2D eigenvalue weighted by Gasteiger charge is 2.42. The molecule has 5 nitrogen and oxygen atoms in total. The van der Waals surface area contributed by atoms with Crippen LogP contribution in [0, 0.1) is 0 Å². The van der Waals surface area contributed by atoms with E-state index in [4.69, 9.17) is 16.3 Å². The Morgan fingerprint density at radius 3 is 2.39 bits per heavy atom. The summed E-state index contributed by atoms with van der Waals surface area (Å²) in [6.07, 6.45) is 0.905. The molecule has 1 aliphatic rings. The molecule has 0 spiro atoms. The number of nitrogens with zero attached hydrogens (tertiary/aromatic N) is 1. The molecule has 1 amide bonds. The van der Waals surface area contributed by atoms with Gasteiger partial charge in [0.15, 0.2) is 0 Å². The minimum Gasteiger partial charge on any atom is -0.496 e. The summed E-state index contributed by atoms with van der Waals surface area (Å²) in [5.41, 5.74) is 2.96. The number of methoxy groups -OCH3 is 1. The van der Waals surface area contributed by atoms with Crippen LogP contribution in [-0.4, -0.2) is 35.0 Å². The van der Waals surface area contributed by atoms with E-state index in [0.29, 0.717) is 29.2 Å². The summed E-state index contributed by atoms with van der Waals surface area (Å²) in [6, 6.07) is 20.9. The molecule has 1 aliphatic heterocycles. The first-order valence-corrected chi connectivity index (χ1v) is 10.4. The van der Waals surface area contributed by atoms with Crippen molar-refractivity contribution in [1.29, 1.82) is 0 Å². The van der Waals surface area contributed by atoms with Crippen LogP contribution >= 0.6 is 11.6 Å². The lowest BCUT2D eigenvalue weighted by atomic mass is 10.0. The predicted octanol–water partition coefficient (Wildman–Crippen LogP) is 5.45. The van der Waals surface area contributed by atoms with Gasteiger partial charge in [0, 0.05) is 16.1 Å². The summed E-state index contributed by atoms with van der Waals surface area (Å²) in [5.74, 6) is -0.819. The molecule has 3 aromatic rings. The first-order chi connectivity index (χ1) is 15.0. The number of amides is 1. The van der Waals surface area contributed by atoms with Crippen molar-refractivity contribution in [1.82, 2.24) is 4.90 Å². The molecule has 1 saturated heterocycles. The predicted molar refractivity (Wildman–Crippen MR) is 119 cm³/mol. The van der Waals surface area contributed by atoms with Crippen molar-refractivity contribution >= 4 is 23.5 Å². The second-order valence-corrected chi connectivity index (χ2v) is 7.87. The fourth-order valence-corrected chi connectivity index (χ4v) is 4.48. The van der Waals surface area contributed by atoms with Crippen molar-refractivity contribution in [3.8, 4) is 16.9 Å². The van der Waals surface area contributed by atoms with E-state index in [9.17, 15) is 14.7 Å². The normalized spacial score (nSPS) is 18.1. The number of carbonyl (C=O) groups is 2. The van der Waals surface area contributed by atoms with Crippen LogP contribution in [0.2, 0.25) is 5.02 Å². The van der Waals surface area contributed by atoms with E-state index >= 15 is 0 Å². The molecule has 0 bridgehead atoms. The van der Waals surface area contributed by atoms with Crippen LogP contribution in [0.5, 0.6) is 5.75 Å². The van der Waals surface area contributed by atoms with Gasteiger partial charge < -0.3 is 14.7 Å². The summed E-state index contributed by atoms with van der Waals surface area (Å²) < 4.78 is 5.55. The minimum atomic E-state index is -1.02. The van der Waals surface area contributed by atoms with Crippen LogP contribution < -0.4 is 4.74 Å². The molecular formula is C25H22ClNO4. The summed E-state index contributed by atoms with van der Waals surface area (Å²) in [7, 11) is 1.55. The molecule has 0 aliphatic carbocycles. The zero-order valence-electron chi connectivity index (χ0n) is 17.0. The van der Waals surface area contributed by atoms with Crippen LogP contribution in [-0.2, 0) is 4.79 Å². The Morgan fingerprint density at radius 2 is 1.71 bits per heavy atom. The number of ether oxygens (including phenoxy) is 1. The second-order valence-electron chi connectivity index (χ2n) is 7.46. The Hall–Kier alpha value is -3.31. The zero-order chi connectivity index (χ0) is 22.0. The molecule has 4 rings (SSSR count). The molecule has 1 N–H and O–H groups in total. The smallest absolute Gasteiger partial charge is 0.326 e. The number of halogens is 1. The van der Waals surface area contributed by atoms with Crippen molar-refractivity contribution in [3.05, 3.63) is 88.9 Å². The molecule has 0 saturated carbocycles. The first-order valence-electron chi connectivity index (χ1n) is 10.0. The lowest BCUT2D eigenvalue weighted by Crippen LogP contribution is -2.41. The van der Waals surface area contributed by atoms with Crippen LogP contribution in [0.15, 0.2) is 72.8 Å². The fourth-order valence-electron chi connectivity index (χ4n) is 4.22. The number of carbonyl (C=O) groups excluding carboxylic acids is 1. The molecular weight excluding hydrogens is 414 g/mol. The minimum absolute atomic E-state index is 0.354. The van der Waals surface area contributed by atoms with Crippen LogP contribution in [0.3, 0.4) is 0 Å². The number of rotatable bonds is 5. The first kappa shape index (κ1) is 20.9. The molecule has 3 aromatic carbocycles. The monoisotopic (exact) mass is 435 g/mol. The van der Waals surface area contributed by atoms with Crippen molar-refractivity contribution in [2.24, 2.45) is 0 Å². The lowest BCUT2D eigenvalue weighted by molar-refractivity contribution is -0.141. The third-order valence-electron chi connectivity index (χ3n) is 5.70. The van der Waals surface area contributed by atoms with Gasteiger partial charge in [-0.05, 0) is 48.2 Å². The van der Waals surface area contributed by atoms with Gasteiger partial charge in [0.05, 0.1) is 13.2 Å². The maximum Gasteiger partial charge on any atom is 0.326 e. The molecule has 2 atom stereocenters. The number of likely N-dealkylation sites (tertiary alicyclic amines) is 1. The SMILES string of the molecule is COc1cc(C(=O)N2[C@H](C(=O)O)CC[C@H]2c2ccccc2Cl)ccc1-c1ccccc1. The fraction of sp³-hybridized carbons (Fsp3) is 0.200. The average molecular weight is 436 g/mol. The Balaban J connectivity index is 1.73. The topological polar surface area (TPSA) is 66.8 Å². The number of hydrogen-bond acceptors (Lipinski definition) is 3. The van der Waals surface area contributed by atoms with Gasteiger partial charge in [0.2, 0.25) is 0 Å². The Bertz CT molecular complexity index is 1120. The highest BCUT2D eigenvalue weighted by Crippen LogP contribution is 2.41. The highest BCUT2D eigenvalue weighted by atomic mass is 35.5. The average Bonchev–Trinajstić information content (AvgIpc) is 3.24. The van der Waals surface area contributed by atoms with Gasteiger partial charge in [-0.1, -0.05) is 60.1 Å². The lowest BCUT2D eigenvalue weighted by Gasteiger charge is -2.29. The number of aliphatic carboxylic acids is 1. The maximum absolute atomic E-state index is 13.5. The maximum atomic E-state index is 13.5. The molecule has 6 heteroatoms. The number of carboxylic acid groups (broad SMARTS) is 1. The third kappa shape index (κ3) is 4.01. The van der Waals surface area contributed by atoms with Gasteiger partial charge in [0.25, 0.3) is 5.91 Å². The van der Waals surface area contributed by atoms with Crippen molar-refractivity contribution < 1.29 is 19.4 Å². The molecule has 1 heterocycles. The molecule has 1 fully saturated rings. The van der Waals surface area contributed by atoms with Gasteiger partial charge in [-0.25, -0.2) is 4.79 Å². The number of carboxylic acids is 1. The number of benzene rings is 3. The van der Waals surface area contributed by atoms with Crippen molar-refractivity contribution in [3.63, 3.8) is 0 Å². The summed E-state index contributed by atoms with van der Waals surface area (Å²) in [6.45, 7) is 0. The Kier molecular flexibility index (Phi) is 5.96. The summed E-state index contributed by atoms with van der Waals surface area (Å²) in [5, 5.41) is 10.3. The molecule has 0 radical (unpaired) electrons. The van der Waals surface area contributed by atoms with E-state index in [2.05, 4.69) is 0 Å². The van der Waals surface area contributed by atoms with Crippen LogP contribution in [0.25, 0.3) is 11.1 Å². The van der Waals surface area contributed by atoms with E-state index in [-0.39, 0.29) is 5.91 Å². The number of hydrogen-bond donors (Lipinski definition) is 1. The molecule has 31 heavy (non-hydrogen) atoms. The molecule has 158 valence electrons. The highest BCUT2D eigenvalue weighted by molar-refractivity contribution is 6.31. The van der Waals surface area contributed by atoms with Gasteiger partial charge in [-0.3, -0.25) is 4.79 Å². The second kappa shape index (κ2) is 8.82. The summed E-state index contributed by atoms with van der Waals surface area (Å²) in [4.78, 5) is 26.9. The van der Waals surface area contributed by atoms with Crippen LogP contribution in [0.4, 0.5) is 0 Å². The van der Waals surface area contributed by atoms with Gasteiger partial charge in [0.1, 0.15) is 11.8 Å². The Labute approximate surface area is 185 Å². The standard InChI is InChI=1S/C25H22ClNO4/c1-31-23-15-17(11-12-18(23)16-7-3-2-4-8-16)24(28)27-21(13-14-22(27)25(29)30)19-9-5-6-10-20(19)26/h2-12,15,21-22H,13-14H2,1H3,(H,29,30)/t21-,22-/m0/s1. The molecule has 0 unspecified atom stereocenters. The van der Waals surface area contributed by atoms with E-state index in [1.165, 1.54) is 4.90 Å². The van der Waals surface area contributed by atoms with Crippen LogP contribution in [0.1, 0.15) is 34.8 Å². The third-order valence-corrected chi connectivity index (χ3v) is 6.05. The van der Waals surface area contributed by atoms with E-state index < -0.39 is 18.1 Å². The van der Waals surface area contributed by atoms with Gasteiger partial charge in [-0.2, -0.15) is 0 Å². The quantitative estimate of drug-likeness (QED) is 0.579. The van der Waals surface area contributed by atoms with E-state index in [0.717, 1.165) is 16.7 Å². The van der Waals surface area contributed by atoms with Crippen molar-refractivity contribution in [2.45, 2.75) is 24.9 Å². The van der Waals surface area contributed by atoms with E-state index in [1.807, 2.05) is 54.6 Å². The van der Waals surface area contributed by atoms with Crippen molar-refractivity contribution in [2.75, 3.05) is 7.11 Å². The van der Waals surface area contributed by atoms with Gasteiger partial charge in [-0.15, -0.1) is 0 Å².